The van der Waals surface area contributed by atoms with E-state index in [1.807, 2.05) is 22.9 Å². The molecule has 3 rings (SSSR count). The minimum atomic E-state index is 0.633. The van der Waals surface area contributed by atoms with Gasteiger partial charge in [-0.25, -0.2) is 0 Å². The molecule has 1 heterocycles. The Balaban J connectivity index is 1.96. The molecule has 0 saturated heterocycles. The van der Waals surface area contributed by atoms with Crippen LogP contribution in [0.3, 0.4) is 0 Å². The summed E-state index contributed by atoms with van der Waals surface area (Å²) in [5, 5.41) is 4.39. The number of nitrogens with zero attached hydrogens (tertiary/aromatic N) is 2. The van der Waals surface area contributed by atoms with Crippen LogP contribution in [0.4, 0.5) is 0 Å². The number of hydrogen-bond donors (Lipinski definition) is 0. The molecule has 2 aromatic rings. The monoisotopic (exact) mass is 226 g/mol. The third-order valence-corrected chi connectivity index (χ3v) is 3.32. The van der Waals surface area contributed by atoms with Crippen molar-refractivity contribution in [3.8, 4) is 0 Å². The first kappa shape index (κ1) is 10.3. The zero-order valence-corrected chi connectivity index (χ0v) is 9.60. The molecule has 0 N–H and O–H groups in total. The molecule has 0 aliphatic heterocycles. The van der Waals surface area contributed by atoms with Gasteiger partial charge in [0.15, 0.2) is 6.29 Å². The number of aldehydes is 1. The van der Waals surface area contributed by atoms with Crippen LogP contribution in [0.25, 0.3) is 0 Å². The average Bonchev–Trinajstić information content (AvgIpc) is 2.94. The van der Waals surface area contributed by atoms with Crippen LogP contribution in [0.5, 0.6) is 0 Å². The van der Waals surface area contributed by atoms with Gasteiger partial charge >= 0.3 is 0 Å². The van der Waals surface area contributed by atoms with Gasteiger partial charge in [-0.3, -0.25) is 9.48 Å². The largest absolute Gasteiger partial charge is 0.296 e. The fourth-order valence-electron chi connectivity index (χ4n) is 2.52. The topological polar surface area (TPSA) is 34.9 Å². The predicted octanol–water partition coefficient (Wildman–Crippen LogP) is 2.23. The Morgan fingerprint density at radius 1 is 1.24 bits per heavy atom. The lowest BCUT2D eigenvalue weighted by atomic mass is 10.2. The number of carbonyl (C=O) groups is 1. The second-order valence-corrected chi connectivity index (χ2v) is 4.43. The minimum absolute atomic E-state index is 0.633. The molecule has 17 heavy (non-hydrogen) atoms. The van der Waals surface area contributed by atoms with E-state index in [1.165, 1.54) is 11.3 Å². The van der Waals surface area contributed by atoms with E-state index in [0.29, 0.717) is 5.69 Å². The highest BCUT2D eigenvalue weighted by Gasteiger charge is 2.21. The molecule has 0 atom stereocenters. The lowest BCUT2D eigenvalue weighted by molar-refractivity contribution is 0.111. The second-order valence-electron chi connectivity index (χ2n) is 4.43. The van der Waals surface area contributed by atoms with Crippen molar-refractivity contribution in [2.45, 2.75) is 25.8 Å². The van der Waals surface area contributed by atoms with E-state index in [0.717, 1.165) is 37.7 Å². The number of aromatic nitrogens is 2. The van der Waals surface area contributed by atoms with E-state index < -0.39 is 0 Å². The van der Waals surface area contributed by atoms with Crippen molar-refractivity contribution in [1.29, 1.82) is 0 Å². The highest BCUT2D eigenvalue weighted by molar-refractivity contribution is 5.75. The summed E-state index contributed by atoms with van der Waals surface area (Å²) in [6.07, 6.45) is 4.07. The average molecular weight is 226 g/mol. The van der Waals surface area contributed by atoms with Crippen LogP contribution in [0.1, 0.15) is 33.7 Å². The molecule has 3 nitrogen and oxygen atoms in total. The van der Waals surface area contributed by atoms with E-state index in [-0.39, 0.29) is 0 Å². The van der Waals surface area contributed by atoms with Crippen molar-refractivity contribution in [2.75, 3.05) is 0 Å². The Kier molecular flexibility index (Phi) is 2.52. The maximum atomic E-state index is 11.0. The summed E-state index contributed by atoms with van der Waals surface area (Å²) < 4.78 is 1.99. The zero-order valence-electron chi connectivity index (χ0n) is 9.60. The third-order valence-electron chi connectivity index (χ3n) is 3.32. The van der Waals surface area contributed by atoms with Crippen LogP contribution >= 0.6 is 0 Å². The standard InChI is InChI=1S/C14H14N2O/c17-10-13-12-7-4-8-14(12)16(15-13)9-11-5-2-1-3-6-11/h1-3,5-6,10H,4,7-9H2. The van der Waals surface area contributed by atoms with Crippen LogP contribution in [-0.4, -0.2) is 16.1 Å². The van der Waals surface area contributed by atoms with Crippen molar-refractivity contribution in [2.24, 2.45) is 0 Å². The highest BCUT2D eigenvalue weighted by atomic mass is 16.1. The molecule has 0 bridgehead atoms. The second kappa shape index (κ2) is 4.17. The fourth-order valence-corrected chi connectivity index (χ4v) is 2.52. The number of rotatable bonds is 3. The first-order valence-electron chi connectivity index (χ1n) is 5.96. The summed E-state index contributed by atoms with van der Waals surface area (Å²) in [6.45, 7) is 0.761. The zero-order chi connectivity index (χ0) is 11.7. The molecule has 0 fully saturated rings. The maximum absolute atomic E-state index is 11.0. The minimum Gasteiger partial charge on any atom is -0.296 e. The summed E-state index contributed by atoms with van der Waals surface area (Å²) in [5.74, 6) is 0. The van der Waals surface area contributed by atoms with Crippen LogP contribution in [0, 0.1) is 0 Å². The molecule has 0 radical (unpaired) electrons. The van der Waals surface area contributed by atoms with Crippen LogP contribution in [0.15, 0.2) is 30.3 Å². The Bertz CT molecular complexity index is 543. The van der Waals surface area contributed by atoms with Crippen LogP contribution in [-0.2, 0) is 19.4 Å². The Hall–Kier alpha value is -1.90. The molecule has 1 aromatic heterocycles. The quantitative estimate of drug-likeness (QED) is 0.752. The van der Waals surface area contributed by atoms with Crippen molar-refractivity contribution in [3.05, 3.63) is 52.8 Å². The molecule has 0 unspecified atom stereocenters. The summed E-state index contributed by atoms with van der Waals surface area (Å²) >= 11 is 0. The van der Waals surface area contributed by atoms with E-state index >= 15 is 0 Å². The van der Waals surface area contributed by atoms with Gasteiger partial charge in [0.25, 0.3) is 0 Å². The predicted molar refractivity (Wildman–Crippen MR) is 65.2 cm³/mol. The number of carbonyl (C=O) groups excluding carboxylic acids is 1. The van der Waals surface area contributed by atoms with E-state index in [2.05, 4.69) is 17.2 Å². The van der Waals surface area contributed by atoms with Gasteiger partial charge in [-0.1, -0.05) is 30.3 Å². The highest BCUT2D eigenvalue weighted by Crippen LogP contribution is 2.24. The number of fused-ring (bicyclic) bond motifs is 1. The molecule has 3 heteroatoms. The molecule has 0 spiro atoms. The molecule has 1 aliphatic rings. The van der Waals surface area contributed by atoms with Crippen LogP contribution in [0.2, 0.25) is 0 Å². The molecule has 0 amide bonds. The van der Waals surface area contributed by atoms with E-state index in [9.17, 15) is 4.79 Å². The lowest BCUT2D eigenvalue weighted by Crippen LogP contribution is -2.05. The Morgan fingerprint density at radius 2 is 2.06 bits per heavy atom. The smallest absolute Gasteiger partial charge is 0.170 e. The molecular formula is C14H14N2O. The van der Waals surface area contributed by atoms with Gasteiger partial charge in [0, 0.05) is 11.3 Å². The molecule has 86 valence electrons. The Labute approximate surface area is 100 Å². The first-order valence-corrected chi connectivity index (χ1v) is 5.96. The summed E-state index contributed by atoms with van der Waals surface area (Å²) in [6, 6.07) is 10.2. The SMILES string of the molecule is O=Cc1nn(Cc2ccccc2)c2c1CCC2. The summed E-state index contributed by atoms with van der Waals surface area (Å²) in [7, 11) is 0. The van der Waals surface area contributed by atoms with Crippen molar-refractivity contribution in [3.63, 3.8) is 0 Å². The lowest BCUT2D eigenvalue weighted by Gasteiger charge is -2.05. The molecular weight excluding hydrogens is 212 g/mol. The fraction of sp³-hybridized carbons (Fsp3) is 0.286. The Morgan fingerprint density at radius 3 is 2.82 bits per heavy atom. The molecule has 0 saturated carbocycles. The van der Waals surface area contributed by atoms with Crippen molar-refractivity contribution in [1.82, 2.24) is 9.78 Å². The van der Waals surface area contributed by atoms with Gasteiger partial charge in [0.2, 0.25) is 0 Å². The van der Waals surface area contributed by atoms with Crippen molar-refractivity contribution < 1.29 is 4.79 Å². The van der Waals surface area contributed by atoms with Gasteiger partial charge in [-0.15, -0.1) is 0 Å². The van der Waals surface area contributed by atoms with Crippen molar-refractivity contribution >= 4 is 6.29 Å². The van der Waals surface area contributed by atoms with Crippen LogP contribution < -0.4 is 0 Å². The van der Waals surface area contributed by atoms with E-state index in [1.54, 1.807) is 0 Å². The summed E-state index contributed by atoms with van der Waals surface area (Å²) in [4.78, 5) is 11.0. The van der Waals surface area contributed by atoms with Gasteiger partial charge in [0.05, 0.1) is 6.54 Å². The van der Waals surface area contributed by atoms with E-state index in [4.69, 9.17) is 0 Å². The number of hydrogen-bond acceptors (Lipinski definition) is 2. The van der Waals surface area contributed by atoms with Gasteiger partial charge in [0.1, 0.15) is 5.69 Å². The number of benzene rings is 1. The summed E-state index contributed by atoms with van der Waals surface area (Å²) in [5.41, 5.74) is 4.27. The van der Waals surface area contributed by atoms with Gasteiger partial charge < -0.3 is 0 Å². The molecule has 1 aromatic carbocycles. The normalized spacial score (nSPS) is 13.6. The first-order chi connectivity index (χ1) is 8.38. The van der Waals surface area contributed by atoms with Gasteiger partial charge in [-0.2, -0.15) is 5.10 Å². The van der Waals surface area contributed by atoms with Gasteiger partial charge in [-0.05, 0) is 24.8 Å². The third kappa shape index (κ3) is 1.78. The molecule has 1 aliphatic carbocycles. The maximum Gasteiger partial charge on any atom is 0.170 e.